The molecule has 0 unspecified atom stereocenters. The molecular formula is C16H14Cl2FNO2. The Labute approximate surface area is 137 Å². The summed E-state index contributed by atoms with van der Waals surface area (Å²) in [7, 11) is 0. The van der Waals surface area contributed by atoms with E-state index in [-0.39, 0.29) is 15.6 Å². The number of pyridine rings is 1. The normalized spacial score (nSPS) is 10.7. The van der Waals surface area contributed by atoms with Crippen LogP contribution in [-0.2, 0) is 17.8 Å². The van der Waals surface area contributed by atoms with Crippen LogP contribution in [0.4, 0.5) is 4.39 Å². The van der Waals surface area contributed by atoms with Gasteiger partial charge in [0.25, 0.3) is 5.56 Å². The summed E-state index contributed by atoms with van der Waals surface area (Å²) in [6.45, 7) is 2.19. The van der Waals surface area contributed by atoms with Gasteiger partial charge in [-0.05, 0) is 43.2 Å². The Morgan fingerprint density at radius 1 is 1.23 bits per heavy atom. The van der Waals surface area contributed by atoms with Crippen molar-refractivity contribution < 1.29 is 9.18 Å². The molecule has 0 fully saturated rings. The van der Waals surface area contributed by atoms with Crippen LogP contribution < -0.4 is 5.56 Å². The van der Waals surface area contributed by atoms with Crippen molar-refractivity contribution in [2.24, 2.45) is 0 Å². The number of aryl methyl sites for hydroxylation is 1. The lowest BCUT2D eigenvalue weighted by molar-refractivity contribution is -0.107. The number of halogens is 3. The van der Waals surface area contributed by atoms with Crippen molar-refractivity contribution in [1.29, 1.82) is 0 Å². The summed E-state index contributed by atoms with van der Waals surface area (Å²) >= 11 is 12.1. The van der Waals surface area contributed by atoms with Crippen LogP contribution in [0.5, 0.6) is 0 Å². The zero-order valence-electron chi connectivity index (χ0n) is 11.9. The fraction of sp³-hybridized carbons (Fsp3) is 0.250. The van der Waals surface area contributed by atoms with Gasteiger partial charge in [-0.15, -0.1) is 0 Å². The predicted octanol–water partition coefficient (Wildman–Crippen LogP) is 4.11. The first kappa shape index (κ1) is 16.7. The highest BCUT2D eigenvalue weighted by atomic mass is 35.5. The van der Waals surface area contributed by atoms with Crippen molar-refractivity contribution in [1.82, 2.24) is 4.57 Å². The van der Waals surface area contributed by atoms with Gasteiger partial charge in [0.2, 0.25) is 0 Å². The lowest BCUT2D eigenvalue weighted by Gasteiger charge is -2.17. The fourth-order valence-corrected chi connectivity index (χ4v) is 2.88. The second kappa shape index (κ2) is 7.07. The van der Waals surface area contributed by atoms with Crippen LogP contribution in [0.25, 0.3) is 11.3 Å². The average molecular weight is 342 g/mol. The molecule has 0 spiro atoms. The number of hydrogen-bond donors (Lipinski definition) is 0. The highest BCUT2D eigenvalue weighted by Crippen LogP contribution is 2.32. The van der Waals surface area contributed by atoms with Crippen LogP contribution in [0.1, 0.15) is 18.9 Å². The Morgan fingerprint density at radius 3 is 2.55 bits per heavy atom. The molecule has 22 heavy (non-hydrogen) atoms. The molecule has 0 bridgehead atoms. The summed E-state index contributed by atoms with van der Waals surface area (Å²) < 4.78 is 14.8. The first-order valence-corrected chi connectivity index (χ1v) is 7.56. The highest BCUT2D eigenvalue weighted by molar-refractivity contribution is 6.33. The number of aromatic nitrogens is 1. The van der Waals surface area contributed by atoms with Gasteiger partial charge in [-0.25, -0.2) is 4.39 Å². The average Bonchev–Trinajstić information content (AvgIpc) is 2.48. The third-order valence-corrected chi connectivity index (χ3v) is 3.94. The molecule has 0 radical (unpaired) electrons. The fourth-order valence-electron chi connectivity index (χ4n) is 2.39. The van der Waals surface area contributed by atoms with Crippen LogP contribution in [0, 0.1) is 5.82 Å². The van der Waals surface area contributed by atoms with E-state index in [0.717, 1.165) is 11.8 Å². The maximum Gasteiger partial charge on any atom is 0.269 e. The standard InChI is InChI=1S/C16H14Cl2FNO2/c1-2-20-15(12-6-5-11(19)9-13(12)17)10(4-3-7-21)8-14(18)16(20)22/h5-9H,2-4H2,1H3. The van der Waals surface area contributed by atoms with E-state index in [1.807, 2.05) is 6.92 Å². The van der Waals surface area contributed by atoms with E-state index in [1.54, 1.807) is 6.07 Å². The van der Waals surface area contributed by atoms with Gasteiger partial charge in [-0.2, -0.15) is 0 Å². The van der Waals surface area contributed by atoms with E-state index in [4.69, 9.17) is 23.2 Å². The number of benzene rings is 1. The van der Waals surface area contributed by atoms with Gasteiger partial charge >= 0.3 is 0 Å². The summed E-state index contributed by atoms with van der Waals surface area (Å²) in [5.74, 6) is -0.456. The van der Waals surface area contributed by atoms with Gasteiger partial charge in [0.1, 0.15) is 17.1 Å². The summed E-state index contributed by atoms with van der Waals surface area (Å²) in [5.41, 5.74) is 1.50. The lowest BCUT2D eigenvalue weighted by Crippen LogP contribution is -2.23. The maximum atomic E-state index is 13.3. The molecule has 1 heterocycles. The zero-order chi connectivity index (χ0) is 16.3. The first-order valence-electron chi connectivity index (χ1n) is 6.80. The Kier molecular flexibility index (Phi) is 5.37. The Hall–Kier alpha value is -1.65. The molecule has 0 saturated heterocycles. The van der Waals surface area contributed by atoms with Gasteiger partial charge in [-0.1, -0.05) is 23.2 Å². The minimum atomic E-state index is -0.456. The number of aldehydes is 1. The first-order chi connectivity index (χ1) is 10.5. The van der Waals surface area contributed by atoms with Crippen molar-refractivity contribution in [2.45, 2.75) is 26.3 Å². The quantitative estimate of drug-likeness (QED) is 0.767. The molecule has 0 aliphatic carbocycles. The van der Waals surface area contributed by atoms with Crippen molar-refractivity contribution in [3.63, 3.8) is 0 Å². The van der Waals surface area contributed by atoms with Gasteiger partial charge in [-0.3, -0.25) is 4.79 Å². The summed E-state index contributed by atoms with van der Waals surface area (Å²) in [5, 5.41) is 0.293. The van der Waals surface area contributed by atoms with E-state index < -0.39 is 5.82 Å². The maximum absolute atomic E-state index is 13.3. The number of nitrogens with zero attached hydrogens (tertiary/aromatic N) is 1. The molecule has 0 saturated carbocycles. The van der Waals surface area contributed by atoms with Gasteiger partial charge in [0.15, 0.2) is 0 Å². The van der Waals surface area contributed by atoms with Gasteiger partial charge < -0.3 is 9.36 Å². The Bertz CT molecular complexity index is 771. The lowest BCUT2D eigenvalue weighted by atomic mass is 10.0. The topological polar surface area (TPSA) is 39.1 Å². The van der Waals surface area contributed by atoms with E-state index in [1.165, 1.54) is 22.8 Å². The SMILES string of the molecule is CCn1c(-c2ccc(F)cc2Cl)c(CCC=O)cc(Cl)c1=O. The molecule has 116 valence electrons. The molecule has 0 N–H and O–H groups in total. The number of rotatable bonds is 5. The molecule has 0 amide bonds. The summed E-state index contributed by atoms with van der Waals surface area (Å²) in [6.07, 6.45) is 1.52. The minimum Gasteiger partial charge on any atom is -0.307 e. The van der Waals surface area contributed by atoms with Crippen LogP contribution >= 0.6 is 23.2 Å². The molecular weight excluding hydrogens is 328 g/mol. The molecule has 0 atom stereocenters. The third-order valence-electron chi connectivity index (χ3n) is 3.36. The van der Waals surface area contributed by atoms with Crippen LogP contribution in [-0.4, -0.2) is 10.9 Å². The number of carbonyl (C=O) groups excluding carboxylic acids is 1. The largest absolute Gasteiger partial charge is 0.307 e. The van der Waals surface area contributed by atoms with E-state index >= 15 is 0 Å². The van der Waals surface area contributed by atoms with E-state index in [0.29, 0.717) is 30.6 Å². The zero-order valence-corrected chi connectivity index (χ0v) is 13.4. The highest BCUT2D eigenvalue weighted by Gasteiger charge is 2.17. The second-order valence-electron chi connectivity index (χ2n) is 4.75. The van der Waals surface area contributed by atoms with E-state index in [9.17, 15) is 14.0 Å². The van der Waals surface area contributed by atoms with Crippen LogP contribution in [0.2, 0.25) is 10.0 Å². The Morgan fingerprint density at radius 2 is 1.95 bits per heavy atom. The van der Waals surface area contributed by atoms with Crippen molar-refractivity contribution in [3.8, 4) is 11.3 Å². The van der Waals surface area contributed by atoms with Crippen molar-refractivity contribution in [3.05, 3.63) is 56.0 Å². The third kappa shape index (κ3) is 3.23. The molecule has 3 nitrogen and oxygen atoms in total. The van der Waals surface area contributed by atoms with E-state index in [2.05, 4.69) is 0 Å². The second-order valence-corrected chi connectivity index (χ2v) is 5.56. The monoisotopic (exact) mass is 341 g/mol. The molecule has 1 aromatic heterocycles. The van der Waals surface area contributed by atoms with Crippen molar-refractivity contribution >= 4 is 29.5 Å². The van der Waals surface area contributed by atoms with Crippen molar-refractivity contribution in [2.75, 3.05) is 0 Å². The summed E-state index contributed by atoms with van der Waals surface area (Å²) in [6, 6.07) is 5.55. The van der Waals surface area contributed by atoms with Crippen LogP contribution in [0.3, 0.4) is 0 Å². The van der Waals surface area contributed by atoms with Gasteiger partial charge in [0, 0.05) is 18.5 Å². The molecule has 1 aromatic carbocycles. The molecule has 2 rings (SSSR count). The predicted molar refractivity (Wildman–Crippen MR) is 86.2 cm³/mol. The summed E-state index contributed by atoms with van der Waals surface area (Å²) in [4.78, 5) is 22.9. The minimum absolute atomic E-state index is 0.0877. The molecule has 0 aliphatic rings. The molecule has 0 aliphatic heterocycles. The number of hydrogen-bond acceptors (Lipinski definition) is 2. The van der Waals surface area contributed by atoms with Crippen LogP contribution in [0.15, 0.2) is 29.1 Å². The molecule has 6 heteroatoms. The molecule has 2 aromatic rings. The number of carbonyl (C=O) groups is 1. The van der Waals surface area contributed by atoms with Gasteiger partial charge in [0.05, 0.1) is 10.7 Å². The Balaban J connectivity index is 2.77. The smallest absolute Gasteiger partial charge is 0.269 e.